The highest BCUT2D eigenvalue weighted by Crippen LogP contribution is 2.28. The van der Waals surface area contributed by atoms with Crippen molar-refractivity contribution in [1.29, 1.82) is 0 Å². The molecule has 2 aromatic carbocycles. The van der Waals surface area contributed by atoms with Gasteiger partial charge in [-0.2, -0.15) is 0 Å². The van der Waals surface area contributed by atoms with E-state index in [0.717, 1.165) is 14.5 Å². The maximum Gasteiger partial charge on any atom is 0.196 e. The topological polar surface area (TPSA) is 43.1 Å². The second-order valence-electron chi connectivity index (χ2n) is 4.00. The van der Waals surface area contributed by atoms with Crippen LogP contribution in [0.1, 0.15) is 21.5 Å². The van der Waals surface area contributed by atoms with Gasteiger partial charge in [0.1, 0.15) is 0 Å². The number of carbonyl (C=O) groups is 1. The Labute approximate surface area is 122 Å². The summed E-state index contributed by atoms with van der Waals surface area (Å²) in [4.78, 5) is 12.4. The number of halogens is 2. The number of rotatable bonds is 2. The van der Waals surface area contributed by atoms with Crippen LogP contribution in [0.5, 0.6) is 0 Å². The summed E-state index contributed by atoms with van der Waals surface area (Å²) in [7, 11) is 0. The fourth-order valence-corrected chi connectivity index (χ4v) is 2.65. The van der Waals surface area contributed by atoms with Gasteiger partial charge in [-0.15, -0.1) is 0 Å². The van der Waals surface area contributed by atoms with E-state index in [-0.39, 0.29) is 5.78 Å². The van der Waals surface area contributed by atoms with Crippen LogP contribution in [0.4, 0.5) is 5.69 Å². The van der Waals surface area contributed by atoms with Crippen molar-refractivity contribution in [3.8, 4) is 0 Å². The Bertz CT molecular complexity index is 623. The SMILES string of the molecule is Cc1cc(Br)c(C(=O)c2ccccc2N)cc1Br. The van der Waals surface area contributed by atoms with Crippen LogP contribution >= 0.6 is 31.9 Å². The van der Waals surface area contributed by atoms with E-state index in [4.69, 9.17) is 5.73 Å². The summed E-state index contributed by atoms with van der Waals surface area (Å²) < 4.78 is 1.68. The third-order valence-electron chi connectivity index (χ3n) is 2.70. The molecule has 18 heavy (non-hydrogen) atoms. The predicted octanol–water partition coefficient (Wildman–Crippen LogP) is 4.33. The van der Waals surface area contributed by atoms with Crippen LogP contribution < -0.4 is 5.73 Å². The molecular formula is C14H11Br2NO. The average Bonchev–Trinajstić information content (AvgIpc) is 2.33. The molecule has 0 saturated heterocycles. The maximum absolute atomic E-state index is 12.4. The highest BCUT2D eigenvalue weighted by molar-refractivity contribution is 9.11. The first-order valence-electron chi connectivity index (χ1n) is 5.35. The monoisotopic (exact) mass is 367 g/mol. The van der Waals surface area contributed by atoms with Crippen molar-refractivity contribution in [2.75, 3.05) is 5.73 Å². The Kier molecular flexibility index (Phi) is 3.88. The zero-order valence-corrected chi connectivity index (χ0v) is 12.9. The lowest BCUT2D eigenvalue weighted by Gasteiger charge is -2.08. The molecule has 0 aromatic heterocycles. The van der Waals surface area contributed by atoms with Crippen molar-refractivity contribution in [3.63, 3.8) is 0 Å². The molecule has 4 heteroatoms. The molecule has 0 saturated carbocycles. The van der Waals surface area contributed by atoms with E-state index in [1.165, 1.54) is 0 Å². The van der Waals surface area contributed by atoms with Crippen molar-refractivity contribution < 1.29 is 4.79 Å². The molecule has 0 amide bonds. The van der Waals surface area contributed by atoms with Gasteiger partial charge in [0.15, 0.2) is 5.78 Å². The molecule has 0 spiro atoms. The fraction of sp³-hybridized carbons (Fsp3) is 0.0714. The van der Waals surface area contributed by atoms with E-state index in [1.54, 1.807) is 18.2 Å². The highest BCUT2D eigenvalue weighted by atomic mass is 79.9. The molecule has 0 atom stereocenters. The highest BCUT2D eigenvalue weighted by Gasteiger charge is 2.16. The van der Waals surface area contributed by atoms with E-state index in [2.05, 4.69) is 31.9 Å². The van der Waals surface area contributed by atoms with E-state index in [9.17, 15) is 4.79 Å². The number of para-hydroxylation sites is 1. The number of benzene rings is 2. The van der Waals surface area contributed by atoms with Crippen molar-refractivity contribution in [1.82, 2.24) is 0 Å². The standard InChI is InChI=1S/C14H11Br2NO/c1-8-6-12(16)10(7-11(8)15)14(18)9-4-2-3-5-13(9)17/h2-7H,17H2,1H3. The summed E-state index contributed by atoms with van der Waals surface area (Å²) in [5, 5.41) is 0. The van der Waals surface area contributed by atoms with Gasteiger partial charge < -0.3 is 5.73 Å². The van der Waals surface area contributed by atoms with Gasteiger partial charge in [0, 0.05) is 25.8 Å². The molecule has 0 unspecified atom stereocenters. The number of hydrogen-bond acceptors (Lipinski definition) is 2. The van der Waals surface area contributed by atoms with E-state index < -0.39 is 0 Å². The minimum absolute atomic E-state index is 0.0827. The van der Waals surface area contributed by atoms with Gasteiger partial charge in [0.05, 0.1) is 0 Å². The predicted molar refractivity (Wildman–Crippen MR) is 80.9 cm³/mol. The Morgan fingerprint density at radius 2 is 1.72 bits per heavy atom. The van der Waals surface area contributed by atoms with E-state index >= 15 is 0 Å². The van der Waals surface area contributed by atoms with Gasteiger partial charge in [-0.1, -0.05) is 44.0 Å². The Hall–Kier alpha value is -1.13. The molecule has 2 rings (SSSR count). The molecule has 0 radical (unpaired) electrons. The van der Waals surface area contributed by atoms with Crippen LogP contribution in [-0.4, -0.2) is 5.78 Å². The number of hydrogen-bond donors (Lipinski definition) is 1. The van der Waals surface area contributed by atoms with Crippen molar-refractivity contribution in [2.24, 2.45) is 0 Å². The van der Waals surface area contributed by atoms with Crippen molar-refractivity contribution in [2.45, 2.75) is 6.92 Å². The first kappa shape index (κ1) is 13.3. The maximum atomic E-state index is 12.4. The third kappa shape index (κ3) is 2.49. The van der Waals surface area contributed by atoms with Crippen molar-refractivity contribution in [3.05, 3.63) is 62.0 Å². The van der Waals surface area contributed by atoms with Crippen LogP contribution in [0.2, 0.25) is 0 Å². The molecule has 0 fully saturated rings. The zero-order valence-electron chi connectivity index (χ0n) is 9.71. The number of anilines is 1. The molecule has 92 valence electrons. The van der Waals surface area contributed by atoms with Gasteiger partial charge in [0.2, 0.25) is 0 Å². The summed E-state index contributed by atoms with van der Waals surface area (Å²) in [5.74, 6) is -0.0827. The van der Waals surface area contributed by atoms with Crippen LogP contribution in [0.25, 0.3) is 0 Å². The van der Waals surface area contributed by atoms with E-state index in [1.807, 2.05) is 25.1 Å². The molecule has 0 aliphatic heterocycles. The summed E-state index contributed by atoms with van der Waals surface area (Å²) in [6.45, 7) is 1.97. The Balaban J connectivity index is 2.53. The summed E-state index contributed by atoms with van der Waals surface area (Å²) in [6, 6.07) is 10.8. The number of aryl methyl sites for hydroxylation is 1. The number of nitrogen functional groups attached to an aromatic ring is 1. The molecular weight excluding hydrogens is 358 g/mol. The fourth-order valence-electron chi connectivity index (χ4n) is 1.67. The lowest BCUT2D eigenvalue weighted by Crippen LogP contribution is -2.06. The van der Waals surface area contributed by atoms with Crippen LogP contribution in [0.3, 0.4) is 0 Å². The first-order valence-corrected chi connectivity index (χ1v) is 6.94. The lowest BCUT2D eigenvalue weighted by molar-refractivity contribution is 0.103. The zero-order chi connectivity index (χ0) is 13.3. The van der Waals surface area contributed by atoms with Gasteiger partial charge >= 0.3 is 0 Å². The second kappa shape index (κ2) is 5.24. The molecule has 0 aliphatic rings. The quantitative estimate of drug-likeness (QED) is 0.633. The molecule has 0 aliphatic carbocycles. The van der Waals surface area contributed by atoms with Gasteiger partial charge in [-0.3, -0.25) is 4.79 Å². The molecule has 0 bridgehead atoms. The van der Waals surface area contributed by atoms with Crippen LogP contribution in [0.15, 0.2) is 45.3 Å². The smallest absolute Gasteiger partial charge is 0.196 e. The van der Waals surface area contributed by atoms with Crippen LogP contribution in [-0.2, 0) is 0 Å². The van der Waals surface area contributed by atoms with Gasteiger partial charge in [-0.05, 0) is 36.8 Å². The second-order valence-corrected chi connectivity index (χ2v) is 5.71. The van der Waals surface area contributed by atoms with E-state index in [0.29, 0.717) is 16.8 Å². The number of ketones is 1. The summed E-state index contributed by atoms with van der Waals surface area (Å²) in [5.41, 5.74) is 8.51. The number of nitrogens with two attached hydrogens (primary N) is 1. The largest absolute Gasteiger partial charge is 0.398 e. The van der Waals surface area contributed by atoms with Crippen LogP contribution in [0, 0.1) is 6.92 Å². The summed E-state index contributed by atoms with van der Waals surface area (Å²) in [6.07, 6.45) is 0. The molecule has 2 nitrogen and oxygen atoms in total. The van der Waals surface area contributed by atoms with Gasteiger partial charge in [0.25, 0.3) is 0 Å². The Morgan fingerprint density at radius 3 is 2.39 bits per heavy atom. The molecule has 2 N–H and O–H groups in total. The first-order chi connectivity index (χ1) is 8.50. The Morgan fingerprint density at radius 1 is 1.06 bits per heavy atom. The molecule has 0 heterocycles. The van der Waals surface area contributed by atoms with Crippen molar-refractivity contribution >= 4 is 43.3 Å². The lowest BCUT2D eigenvalue weighted by atomic mass is 10.0. The normalized spacial score (nSPS) is 10.4. The number of carbonyl (C=O) groups excluding carboxylic acids is 1. The van der Waals surface area contributed by atoms with Gasteiger partial charge in [-0.25, -0.2) is 0 Å². The third-order valence-corrected chi connectivity index (χ3v) is 4.21. The minimum atomic E-state index is -0.0827. The minimum Gasteiger partial charge on any atom is -0.398 e. The average molecular weight is 369 g/mol. The summed E-state index contributed by atoms with van der Waals surface area (Å²) >= 11 is 6.86. The molecule has 2 aromatic rings.